The lowest BCUT2D eigenvalue weighted by Gasteiger charge is -2.07. The molecule has 4 N–H and O–H groups in total. The van der Waals surface area contributed by atoms with Crippen LogP contribution in [0.15, 0.2) is 36.5 Å². The number of nitrogens with two attached hydrogens (primary N) is 1. The van der Waals surface area contributed by atoms with E-state index in [9.17, 15) is 5.11 Å². The number of pyridine rings is 1. The van der Waals surface area contributed by atoms with Crippen molar-refractivity contribution in [2.24, 2.45) is 0 Å². The Labute approximate surface area is 106 Å². The van der Waals surface area contributed by atoms with Crippen LogP contribution in [0.2, 0.25) is 0 Å². The van der Waals surface area contributed by atoms with E-state index < -0.39 is 0 Å². The molecule has 1 heterocycles. The first-order chi connectivity index (χ1) is 8.65. The average molecular weight is 243 g/mol. The maximum atomic E-state index is 9.18. The third-order valence-corrected chi connectivity index (χ3v) is 2.81. The number of aromatic nitrogens is 1. The summed E-state index contributed by atoms with van der Waals surface area (Å²) >= 11 is 0. The lowest BCUT2D eigenvalue weighted by Crippen LogP contribution is -2.06. The Bertz CT molecular complexity index is 523. The van der Waals surface area contributed by atoms with Gasteiger partial charge in [-0.2, -0.15) is 0 Å². The first-order valence-electron chi connectivity index (χ1n) is 5.89. The van der Waals surface area contributed by atoms with Crippen LogP contribution in [0.25, 0.3) is 0 Å². The number of phenolic OH excluding ortho intramolecular Hbond substituents is 1. The average Bonchev–Trinajstić information content (AvgIpc) is 2.36. The topological polar surface area (TPSA) is 71.2 Å². The Hall–Kier alpha value is -2.23. The van der Waals surface area contributed by atoms with Crippen molar-refractivity contribution in [3.8, 4) is 5.75 Å². The molecule has 0 unspecified atom stereocenters. The van der Waals surface area contributed by atoms with Crippen molar-refractivity contribution < 1.29 is 5.11 Å². The quantitative estimate of drug-likeness (QED) is 0.770. The molecule has 0 saturated carbocycles. The van der Waals surface area contributed by atoms with Gasteiger partial charge in [-0.3, -0.25) is 0 Å². The number of benzene rings is 1. The highest BCUT2D eigenvalue weighted by Gasteiger charge is 1.98. The largest absolute Gasteiger partial charge is 0.508 e. The van der Waals surface area contributed by atoms with E-state index >= 15 is 0 Å². The highest BCUT2D eigenvalue weighted by atomic mass is 16.3. The van der Waals surface area contributed by atoms with E-state index in [0.29, 0.717) is 11.4 Å². The number of hydrogen-bond donors (Lipinski definition) is 3. The second-order valence-electron chi connectivity index (χ2n) is 4.27. The third kappa shape index (κ3) is 3.13. The lowest BCUT2D eigenvalue weighted by atomic mass is 10.1. The van der Waals surface area contributed by atoms with Crippen molar-refractivity contribution in [3.63, 3.8) is 0 Å². The van der Waals surface area contributed by atoms with Gasteiger partial charge in [-0.1, -0.05) is 12.1 Å². The summed E-state index contributed by atoms with van der Waals surface area (Å²) in [5, 5.41) is 12.4. The van der Waals surface area contributed by atoms with Gasteiger partial charge in [0.05, 0.1) is 11.9 Å². The predicted molar refractivity (Wildman–Crippen MR) is 73.7 cm³/mol. The second kappa shape index (κ2) is 5.40. The number of rotatable bonds is 4. The normalized spacial score (nSPS) is 10.3. The van der Waals surface area contributed by atoms with Crippen LogP contribution in [0.3, 0.4) is 0 Å². The molecule has 4 nitrogen and oxygen atoms in total. The molecular weight excluding hydrogens is 226 g/mol. The summed E-state index contributed by atoms with van der Waals surface area (Å²) < 4.78 is 0. The van der Waals surface area contributed by atoms with Gasteiger partial charge >= 0.3 is 0 Å². The molecule has 0 atom stereocenters. The van der Waals surface area contributed by atoms with Crippen LogP contribution in [0.5, 0.6) is 5.75 Å². The lowest BCUT2D eigenvalue weighted by molar-refractivity contribution is 0.475. The summed E-state index contributed by atoms with van der Waals surface area (Å²) in [6.45, 7) is 2.75. The number of nitrogen functional groups attached to an aromatic ring is 1. The summed E-state index contributed by atoms with van der Waals surface area (Å²) in [6.07, 6.45) is 2.55. The summed E-state index contributed by atoms with van der Waals surface area (Å²) in [7, 11) is 0. The van der Waals surface area contributed by atoms with E-state index in [4.69, 9.17) is 5.73 Å². The van der Waals surface area contributed by atoms with E-state index in [1.54, 1.807) is 18.3 Å². The van der Waals surface area contributed by atoms with Crippen molar-refractivity contribution in [1.82, 2.24) is 4.98 Å². The summed E-state index contributed by atoms with van der Waals surface area (Å²) in [5.74, 6) is 1.13. The van der Waals surface area contributed by atoms with Crippen molar-refractivity contribution in [2.45, 2.75) is 13.3 Å². The molecule has 0 bridgehead atoms. The third-order valence-electron chi connectivity index (χ3n) is 2.81. The smallest absolute Gasteiger partial charge is 0.126 e. The first-order valence-corrected chi connectivity index (χ1v) is 5.89. The molecule has 0 saturated heterocycles. The number of nitrogens with zero attached hydrogens (tertiary/aromatic N) is 1. The fourth-order valence-corrected chi connectivity index (χ4v) is 1.66. The van der Waals surface area contributed by atoms with Gasteiger partial charge in [-0.15, -0.1) is 0 Å². The number of hydrogen-bond acceptors (Lipinski definition) is 4. The SMILES string of the molecule is Cc1cc(NCCc2ccc(O)cc2)ncc1N. The number of anilines is 2. The molecule has 94 valence electrons. The van der Waals surface area contributed by atoms with Gasteiger partial charge in [0.2, 0.25) is 0 Å². The molecule has 4 heteroatoms. The van der Waals surface area contributed by atoms with Crippen LogP contribution in [0.1, 0.15) is 11.1 Å². The molecule has 1 aromatic carbocycles. The van der Waals surface area contributed by atoms with Gasteiger partial charge < -0.3 is 16.2 Å². The number of aromatic hydroxyl groups is 1. The van der Waals surface area contributed by atoms with Gasteiger partial charge in [0.15, 0.2) is 0 Å². The fraction of sp³-hybridized carbons (Fsp3) is 0.214. The Morgan fingerprint density at radius 2 is 2.00 bits per heavy atom. The van der Waals surface area contributed by atoms with Crippen molar-refractivity contribution in [1.29, 1.82) is 0 Å². The van der Waals surface area contributed by atoms with E-state index in [1.165, 1.54) is 5.56 Å². The number of aryl methyl sites for hydroxylation is 1. The molecule has 0 aliphatic carbocycles. The molecule has 2 aromatic rings. The minimum Gasteiger partial charge on any atom is -0.508 e. The van der Waals surface area contributed by atoms with Crippen molar-refractivity contribution in [3.05, 3.63) is 47.7 Å². The van der Waals surface area contributed by atoms with E-state index in [2.05, 4.69) is 10.3 Å². The minimum absolute atomic E-state index is 0.294. The van der Waals surface area contributed by atoms with Crippen LogP contribution in [0, 0.1) is 6.92 Å². The maximum Gasteiger partial charge on any atom is 0.126 e. The standard InChI is InChI=1S/C14H17N3O/c1-10-8-14(17-9-13(10)15)16-7-6-11-2-4-12(18)5-3-11/h2-5,8-9,18H,6-7,15H2,1H3,(H,16,17). The zero-order chi connectivity index (χ0) is 13.0. The highest BCUT2D eigenvalue weighted by Crippen LogP contribution is 2.13. The molecule has 1 aromatic heterocycles. The Morgan fingerprint density at radius 3 is 2.67 bits per heavy atom. The molecular formula is C14H17N3O. The molecule has 0 aliphatic heterocycles. The van der Waals surface area contributed by atoms with E-state index in [0.717, 1.165) is 24.3 Å². The van der Waals surface area contributed by atoms with Gasteiger partial charge in [-0.05, 0) is 42.7 Å². The molecule has 0 fully saturated rings. The van der Waals surface area contributed by atoms with Crippen LogP contribution < -0.4 is 11.1 Å². The number of phenols is 1. The Balaban J connectivity index is 1.88. The fourth-order valence-electron chi connectivity index (χ4n) is 1.66. The predicted octanol–water partition coefficient (Wildman–Crippen LogP) is 2.33. The summed E-state index contributed by atoms with van der Waals surface area (Å²) in [5.41, 5.74) is 8.61. The Kier molecular flexibility index (Phi) is 3.67. The molecule has 0 aliphatic rings. The minimum atomic E-state index is 0.294. The molecule has 0 amide bonds. The summed E-state index contributed by atoms with van der Waals surface area (Å²) in [6, 6.07) is 9.16. The molecule has 0 spiro atoms. The van der Waals surface area contributed by atoms with Gasteiger partial charge in [0.1, 0.15) is 11.6 Å². The van der Waals surface area contributed by atoms with E-state index in [1.807, 2.05) is 25.1 Å². The van der Waals surface area contributed by atoms with Gasteiger partial charge in [0, 0.05) is 6.54 Å². The molecule has 18 heavy (non-hydrogen) atoms. The number of nitrogens with one attached hydrogen (secondary N) is 1. The zero-order valence-corrected chi connectivity index (χ0v) is 10.4. The van der Waals surface area contributed by atoms with E-state index in [-0.39, 0.29) is 0 Å². The van der Waals surface area contributed by atoms with Gasteiger partial charge in [-0.25, -0.2) is 4.98 Å². The van der Waals surface area contributed by atoms with Crippen LogP contribution >= 0.6 is 0 Å². The highest BCUT2D eigenvalue weighted by molar-refractivity contribution is 5.50. The monoisotopic (exact) mass is 243 g/mol. The van der Waals surface area contributed by atoms with Crippen LogP contribution in [0.4, 0.5) is 11.5 Å². The van der Waals surface area contributed by atoms with Crippen molar-refractivity contribution >= 4 is 11.5 Å². The second-order valence-corrected chi connectivity index (χ2v) is 4.27. The van der Waals surface area contributed by atoms with Gasteiger partial charge in [0.25, 0.3) is 0 Å². The molecule has 0 radical (unpaired) electrons. The van der Waals surface area contributed by atoms with Crippen LogP contribution in [-0.2, 0) is 6.42 Å². The van der Waals surface area contributed by atoms with Crippen molar-refractivity contribution in [2.75, 3.05) is 17.6 Å². The molecule has 2 rings (SSSR count). The maximum absolute atomic E-state index is 9.18. The Morgan fingerprint density at radius 1 is 1.28 bits per heavy atom. The summed E-state index contributed by atoms with van der Waals surface area (Å²) in [4.78, 5) is 4.21. The first kappa shape index (κ1) is 12.2. The van der Waals surface area contributed by atoms with Crippen LogP contribution in [-0.4, -0.2) is 16.6 Å². The zero-order valence-electron chi connectivity index (χ0n) is 10.4.